The van der Waals surface area contributed by atoms with Gasteiger partial charge in [0.25, 0.3) is 0 Å². The van der Waals surface area contributed by atoms with Gasteiger partial charge in [0, 0.05) is 5.41 Å². The zero-order valence-corrected chi connectivity index (χ0v) is 7.71. The average Bonchev–Trinajstić information content (AvgIpc) is 2.06. The van der Waals surface area contributed by atoms with E-state index in [2.05, 4.69) is 13.8 Å². The van der Waals surface area contributed by atoms with Crippen LogP contribution < -0.4 is 0 Å². The highest BCUT2D eigenvalue weighted by atomic mass is 16.7. The fourth-order valence-electron chi connectivity index (χ4n) is 1.48. The summed E-state index contributed by atoms with van der Waals surface area (Å²) in [5.41, 5.74) is 0.105. The Morgan fingerprint density at radius 1 is 1.50 bits per heavy atom. The number of carbonyl (C=O) groups excluding carboxylic acids is 1. The van der Waals surface area contributed by atoms with Crippen molar-refractivity contribution in [2.24, 2.45) is 5.41 Å². The van der Waals surface area contributed by atoms with Gasteiger partial charge in [-0.3, -0.25) is 4.79 Å². The third-order valence-corrected chi connectivity index (χ3v) is 2.16. The maximum Gasteiger partial charge on any atom is 0.214 e. The lowest BCUT2D eigenvalue weighted by Gasteiger charge is -2.35. The fourth-order valence-corrected chi connectivity index (χ4v) is 1.48. The summed E-state index contributed by atoms with van der Waals surface area (Å²) in [4.78, 5) is 10.3. The van der Waals surface area contributed by atoms with Gasteiger partial charge in [-0.25, -0.2) is 0 Å². The molecule has 1 aliphatic heterocycles. The number of carbonyl (C=O) groups is 1. The molecule has 0 aliphatic carbocycles. The van der Waals surface area contributed by atoms with E-state index in [4.69, 9.17) is 9.47 Å². The van der Waals surface area contributed by atoms with Crippen LogP contribution in [0.5, 0.6) is 0 Å². The van der Waals surface area contributed by atoms with Crippen molar-refractivity contribution in [2.45, 2.75) is 33.0 Å². The number of hydrogen-bond acceptors (Lipinski definition) is 3. The number of aldehydes is 1. The van der Waals surface area contributed by atoms with Gasteiger partial charge in [0.1, 0.15) is 0 Å². The molecule has 12 heavy (non-hydrogen) atoms. The van der Waals surface area contributed by atoms with Crippen molar-refractivity contribution in [3.8, 4) is 0 Å². The molecule has 1 saturated heterocycles. The number of hydrogen-bond donors (Lipinski definition) is 0. The molecule has 0 saturated carbocycles. The molecule has 0 aromatic rings. The molecule has 70 valence electrons. The van der Waals surface area contributed by atoms with E-state index in [0.29, 0.717) is 19.5 Å². The van der Waals surface area contributed by atoms with Crippen LogP contribution in [-0.2, 0) is 14.3 Å². The maximum atomic E-state index is 10.3. The van der Waals surface area contributed by atoms with E-state index >= 15 is 0 Å². The van der Waals surface area contributed by atoms with E-state index in [1.807, 2.05) is 0 Å². The second-order valence-corrected chi connectivity index (χ2v) is 3.69. The molecular formula is C9H16O3. The molecule has 1 fully saturated rings. The Balaban J connectivity index is 2.38. The SMILES string of the molecule is CCCC1(C)COC(C=O)OC1. The topological polar surface area (TPSA) is 35.5 Å². The molecule has 1 rings (SSSR count). The minimum absolute atomic E-state index is 0.105. The maximum absolute atomic E-state index is 10.3. The van der Waals surface area contributed by atoms with Crippen molar-refractivity contribution in [3.63, 3.8) is 0 Å². The number of ether oxygens (including phenoxy) is 2. The van der Waals surface area contributed by atoms with Crippen LogP contribution in [0.25, 0.3) is 0 Å². The lowest BCUT2D eigenvalue weighted by Crippen LogP contribution is -2.40. The quantitative estimate of drug-likeness (QED) is 0.603. The molecule has 0 aromatic carbocycles. The third-order valence-electron chi connectivity index (χ3n) is 2.16. The first-order valence-corrected chi connectivity index (χ1v) is 4.39. The van der Waals surface area contributed by atoms with Gasteiger partial charge in [-0.2, -0.15) is 0 Å². The van der Waals surface area contributed by atoms with E-state index in [-0.39, 0.29) is 5.41 Å². The van der Waals surface area contributed by atoms with Crippen LogP contribution in [0, 0.1) is 5.41 Å². The summed E-state index contributed by atoms with van der Waals surface area (Å²) in [5, 5.41) is 0. The van der Waals surface area contributed by atoms with Crippen LogP contribution in [0.3, 0.4) is 0 Å². The molecular weight excluding hydrogens is 156 g/mol. The van der Waals surface area contributed by atoms with Crippen molar-refractivity contribution in [1.82, 2.24) is 0 Å². The van der Waals surface area contributed by atoms with Crippen molar-refractivity contribution in [2.75, 3.05) is 13.2 Å². The summed E-state index contributed by atoms with van der Waals surface area (Å²) in [7, 11) is 0. The van der Waals surface area contributed by atoms with E-state index in [9.17, 15) is 4.79 Å². The average molecular weight is 172 g/mol. The van der Waals surface area contributed by atoms with Crippen LogP contribution in [0.1, 0.15) is 26.7 Å². The Kier molecular flexibility index (Phi) is 3.23. The molecule has 1 aliphatic rings. The van der Waals surface area contributed by atoms with Crippen LogP contribution in [0.4, 0.5) is 0 Å². The van der Waals surface area contributed by atoms with Gasteiger partial charge in [-0.05, 0) is 6.42 Å². The molecule has 0 unspecified atom stereocenters. The lowest BCUT2D eigenvalue weighted by atomic mass is 9.87. The molecule has 0 radical (unpaired) electrons. The van der Waals surface area contributed by atoms with Gasteiger partial charge in [0.15, 0.2) is 6.29 Å². The monoisotopic (exact) mass is 172 g/mol. The first-order chi connectivity index (χ1) is 5.70. The lowest BCUT2D eigenvalue weighted by molar-refractivity contribution is -0.214. The molecule has 0 bridgehead atoms. The van der Waals surface area contributed by atoms with Gasteiger partial charge in [0.2, 0.25) is 6.29 Å². The highest BCUT2D eigenvalue weighted by molar-refractivity contribution is 5.53. The first kappa shape index (κ1) is 9.68. The van der Waals surface area contributed by atoms with Crippen molar-refractivity contribution < 1.29 is 14.3 Å². The Hall–Kier alpha value is -0.410. The van der Waals surface area contributed by atoms with Crippen LogP contribution in [0.15, 0.2) is 0 Å². The summed E-state index contributed by atoms with van der Waals surface area (Å²) in [5.74, 6) is 0. The van der Waals surface area contributed by atoms with Gasteiger partial charge in [0.05, 0.1) is 13.2 Å². The molecule has 0 spiro atoms. The van der Waals surface area contributed by atoms with E-state index in [1.165, 1.54) is 0 Å². The molecule has 0 amide bonds. The van der Waals surface area contributed by atoms with Gasteiger partial charge >= 0.3 is 0 Å². The largest absolute Gasteiger partial charge is 0.346 e. The molecule has 0 aromatic heterocycles. The van der Waals surface area contributed by atoms with Gasteiger partial charge in [-0.15, -0.1) is 0 Å². The molecule has 0 atom stereocenters. The molecule has 1 heterocycles. The zero-order chi connectivity index (χ0) is 9.03. The van der Waals surface area contributed by atoms with Crippen LogP contribution in [-0.4, -0.2) is 25.8 Å². The molecule has 3 nitrogen and oxygen atoms in total. The summed E-state index contributed by atoms with van der Waals surface area (Å²) >= 11 is 0. The predicted molar refractivity (Wildman–Crippen MR) is 44.8 cm³/mol. The van der Waals surface area contributed by atoms with E-state index < -0.39 is 6.29 Å². The minimum atomic E-state index is -0.630. The second kappa shape index (κ2) is 4.01. The summed E-state index contributed by atoms with van der Waals surface area (Å²) in [6.45, 7) is 5.52. The number of rotatable bonds is 3. The van der Waals surface area contributed by atoms with E-state index in [1.54, 1.807) is 0 Å². The minimum Gasteiger partial charge on any atom is -0.346 e. The zero-order valence-electron chi connectivity index (χ0n) is 7.71. The van der Waals surface area contributed by atoms with Gasteiger partial charge in [-0.1, -0.05) is 20.3 Å². The highest BCUT2D eigenvalue weighted by Gasteiger charge is 2.31. The van der Waals surface area contributed by atoms with Crippen molar-refractivity contribution >= 4 is 6.29 Å². The Bertz CT molecular complexity index is 148. The standard InChI is InChI=1S/C9H16O3/c1-3-4-9(2)6-11-8(5-10)12-7-9/h5,8H,3-4,6-7H2,1-2H3. The Morgan fingerprint density at radius 2 is 2.08 bits per heavy atom. The smallest absolute Gasteiger partial charge is 0.214 e. The Morgan fingerprint density at radius 3 is 2.50 bits per heavy atom. The fraction of sp³-hybridized carbons (Fsp3) is 0.889. The van der Waals surface area contributed by atoms with Crippen LogP contribution in [0.2, 0.25) is 0 Å². The van der Waals surface area contributed by atoms with Crippen molar-refractivity contribution in [3.05, 3.63) is 0 Å². The van der Waals surface area contributed by atoms with Gasteiger partial charge < -0.3 is 9.47 Å². The third kappa shape index (κ3) is 2.29. The Labute approximate surface area is 73.0 Å². The highest BCUT2D eigenvalue weighted by Crippen LogP contribution is 2.28. The summed E-state index contributed by atoms with van der Waals surface area (Å²) < 4.78 is 10.4. The van der Waals surface area contributed by atoms with E-state index in [0.717, 1.165) is 12.8 Å². The first-order valence-electron chi connectivity index (χ1n) is 4.39. The second-order valence-electron chi connectivity index (χ2n) is 3.69. The summed E-state index contributed by atoms with van der Waals surface area (Å²) in [6.07, 6.45) is 2.27. The summed E-state index contributed by atoms with van der Waals surface area (Å²) in [6, 6.07) is 0. The normalized spacial score (nSPS) is 36.3. The van der Waals surface area contributed by atoms with Crippen LogP contribution >= 0.6 is 0 Å². The predicted octanol–water partition coefficient (Wildman–Crippen LogP) is 1.36. The molecule has 3 heteroatoms. The molecule has 0 N–H and O–H groups in total. The van der Waals surface area contributed by atoms with Crippen molar-refractivity contribution in [1.29, 1.82) is 0 Å².